The molecule has 0 unspecified atom stereocenters. The fraction of sp³-hybridized carbons (Fsp3) is 0.462. The summed E-state index contributed by atoms with van der Waals surface area (Å²) in [7, 11) is 0. The van der Waals surface area contributed by atoms with Crippen molar-refractivity contribution in [3.05, 3.63) is 34.3 Å². The average molecular weight is 312 g/mol. The molecule has 18 heavy (non-hydrogen) atoms. The molecule has 1 aliphatic heterocycles. The van der Waals surface area contributed by atoms with Gasteiger partial charge in [-0.15, -0.1) is 0 Å². The summed E-state index contributed by atoms with van der Waals surface area (Å²) in [6.07, 6.45) is 0. The lowest BCUT2D eigenvalue weighted by Crippen LogP contribution is -2.49. The van der Waals surface area contributed by atoms with Gasteiger partial charge in [0.2, 0.25) is 0 Å². The molecule has 4 nitrogen and oxygen atoms in total. The van der Waals surface area contributed by atoms with Crippen LogP contribution in [-0.2, 0) is 0 Å². The molecule has 0 saturated carbocycles. The topological polar surface area (TPSA) is 49.6 Å². The van der Waals surface area contributed by atoms with E-state index >= 15 is 0 Å². The van der Waals surface area contributed by atoms with Crippen LogP contribution in [0.1, 0.15) is 10.4 Å². The third-order valence-electron chi connectivity index (χ3n) is 3.21. The smallest absolute Gasteiger partial charge is 0.255 e. The number of amides is 1. The predicted molar refractivity (Wildman–Crippen MR) is 75.5 cm³/mol. The Morgan fingerprint density at radius 2 is 1.89 bits per heavy atom. The molecule has 1 amide bonds. The largest absolute Gasteiger partial charge is 0.336 e. The molecule has 0 aromatic heterocycles. The molecule has 1 aliphatic rings. The Morgan fingerprint density at radius 3 is 2.50 bits per heavy atom. The van der Waals surface area contributed by atoms with Gasteiger partial charge in [-0.25, -0.2) is 0 Å². The van der Waals surface area contributed by atoms with Gasteiger partial charge in [0.25, 0.3) is 5.91 Å². The number of hydrogen-bond acceptors (Lipinski definition) is 3. The lowest BCUT2D eigenvalue weighted by molar-refractivity contribution is 0.0640. The molecule has 1 saturated heterocycles. The molecule has 2 N–H and O–H groups in total. The van der Waals surface area contributed by atoms with Gasteiger partial charge >= 0.3 is 0 Å². The molecular weight excluding hydrogens is 294 g/mol. The highest BCUT2D eigenvalue weighted by atomic mass is 79.9. The lowest BCUT2D eigenvalue weighted by Gasteiger charge is -2.34. The third kappa shape index (κ3) is 3.10. The molecule has 0 radical (unpaired) electrons. The monoisotopic (exact) mass is 311 g/mol. The Bertz CT molecular complexity index is 416. The molecule has 0 atom stereocenters. The van der Waals surface area contributed by atoms with Gasteiger partial charge in [-0.2, -0.15) is 0 Å². The van der Waals surface area contributed by atoms with E-state index in [0.717, 1.165) is 42.8 Å². The molecule has 0 aliphatic carbocycles. The van der Waals surface area contributed by atoms with Crippen molar-refractivity contribution < 1.29 is 4.79 Å². The zero-order valence-electron chi connectivity index (χ0n) is 10.3. The standard InChI is InChI=1S/C13H18BrN3O/c14-12-4-2-1-3-11(12)13(18)17-9-7-16(6-5-15)8-10-17/h1-4H,5-10,15H2. The Balaban J connectivity index is 1.98. The van der Waals surface area contributed by atoms with Crippen molar-refractivity contribution in [1.29, 1.82) is 0 Å². The van der Waals surface area contributed by atoms with Crippen LogP contribution in [-0.4, -0.2) is 55.0 Å². The number of nitrogens with zero attached hydrogens (tertiary/aromatic N) is 2. The fourth-order valence-corrected chi connectivity index (χ4v) is 2.62. The molecule has 1 heterocycles. The second-order valence-electron chi connectivity index (χ2n) is 4.40. The van der Waals surface area contributed by atoms with E-state index in [4.69, 9.17) is 5.73 Å². The first-order chi connectivity index (χ1) is 8.72. The number of halogens is 1. The van der Waals surface area contributed by atoms with E-state index < -0.39 is 0 Å². The number of hydrogen-bond donors (Lipinski definition) is 1. The number of carbonyl (C=O) groups excluding carboxylic acids is 1. The van der Waals surface area contributed by atoms with E-state index in [-0.39, 0.29) is 5.91 Å². The van der Waals surface area contributed by atoms with Gasteiger partial charge in [-0.1, -0.05) is 12.1 Å². The minimum absolute atomic E-state index is 0.106. The Kier molecular flexibility index (Phi) is 4.74. The summed E-state index contributed by atoms with van der Waals surface area (Å²) in [4.78, 5) is 16.5. The third-order valence-corrected chi connectivity index (χ3v) is 3.90. The Labute approximate surface area is 116 Å². The number of piperazine rings is 1. The molecule has 98 valence electrons. The summed E-state index contributed by atoms with van der Waals surface area (Å²) in [5.74, 6) is 0.106. The van der Waals surface area contributed by atoms with Crippen molar-refractivity contribution >= 4 is 21.8 Å². The first kappa shape index (κ1) is 13.5. The van der Waals surface area contributed by atoms with Crippen LogP contribution >= 0.6 is 15.9 Å². The fourth-order valence-electron chi connectivity index (χ4n) is 2.16. The van der Waals surface area contributed by atoms with Gasteiger partial charge in [0.1, 0.15) is 0 Å². The number of benzene rings is 1. The van der Waals surface area contributed by atoms with Crippen LogP contribution < -0.4 is 5.73 Å². The maximum absolute atomic E-state index is 12.3. The van der Waals surface area contributed by atoms with Crippen LogP contribution in [0, 0.1) is 0 Å². The number of rotatable bonds is 3. The minimum Gasteiger partial charge on any atom is -0.336 e. The highest BCUT2D eigenvalue weighted by molar-refractivity contribution is 9.10. The highest BCUT2D eigenvalue weighted by Gasteiger charge is 2.22. The van der Waals surface area contributed by atoms with E-state index in [1.54, 1.807) is 0 Å². The number of nitrogens with two attached hydrogens (primary N) is 1. The summed E-state index contributed by atoms with van der Waals surface area (Å²) >= 11 is 3.43. The van der Waals surface area contributed by atoms with Crippen LogP contribution in [0.25, 0.3) is 0 Å². The molecule has 1 aromatic carbocycles. The summed E-state index contributed by atoms with van der Waals surface area (Å²) in [6, 6.07) is 7.57. The lowest BCUT2D eigenvalue weighted by atomic mass is 10.2. The maximum atomic E-state index is 12.3. The Hall–Kier alpha value is -0.910. The quantitative estimate of drug-likeness (QED) is 0.911. The molecule has 0 spiro atoms. The van der Waals surface area contributed by atoms with Crippen molar-refractivity contribution in [2.45, 2.75) is 0 Å². The SMILES string of the molecule is NCCN1CCN(C(=O)c2ccccc2Br)CC1. The second kappa shape index (κ2) is 6.31. The molecular formula is C13H18BrN3O. The summed E-state index contributed by atoms with van der Waals surface area (Å²) < 4.78 is 0.861. The van der Waals surface area contributed by atoms with Crippen molar-refractivity contribution in [1.82, 2.24) is 9.80 Å². The predicted octanol–water partition coefficient (Wildman–Crippen LogP) is 1.17. The Morgan fingerprint density at radius 1 is 1.22 bits per heavy atom. The molecule has 5 heteroatoms. The highest BCUT2D eigenvalue weighted by Crippen LogP contribution is 2.18. The van der Waals surface area contributed by atoms with Crippen molar-refractivity contribution in [2.75, 3.05) is 39.3 Å². The van der Waals surface area contributed by atoms with E-state index in [1.165, 1.54) is 0 Å². The first-order valence-corrected chi connectivity index (χ1v) is 6.98. The first-order valence-electron chi connectivity index (χ1n) is 6.18. The molecule has 2 rings (SSSR count). The van der Waals surface area contributed by atoms with Gasteiger partial charge in [0.15, 0.2) is 0 Å². The normalized spacial score (nSPS) is 16.9. The second-order valence-corrected chi connectivity index (χ2v) is 5.26. The van der Waals surface area contributed by atoms with Gasteiger partial charge in [0.05, 0.1) is 5.56 Å². The summed E-state index contributed by atoms with van der Waals surface area (Å²) in [5.41, 5.74) is 6.28. The molecule has 0 bridgehead atoms. The van der Waals surface area contributed by atoms with Crippen molar-refractivity contribution in [2.24, 2.45) is 5.73 Å². The van der Waals surface area contributed by atoms with Crippen LogP contribution in [0.5, 0.6) is 0 Å². The van der Waals surface area contributed by atoms with Crippen LogP contribution in [0.4, 0.5) is 0 Å². The van der Waals surface area contributed by atoms with E-state index in [1.807, 2.05) is 29.2 Å². The van der Waals surface area contributed by atoms with Gasteiger partial charge in [0, 0.05) is 43.7 Å². The van der Waals surface area contributed by atoms with Crippen LogP contribution in [0.15, 0.2) is 28.7 Å². The van der Waals surface area contributed by atoms with Crippen molar-refractivity contribution in [3.8, 4) is 0 Å². The minimum atomic E-state index is 0.106. The average Bonchev–Trinajstić information content (AvgIpc) is 2.40. The van der Waals surface area contributed by atoms with E-state index in [0.29, 0.717) is 6.54 Å². The summed E-state index contributed by atoms with van der Waals surface area (Å²) in [6.45, 7) is 4.97. The van der Waals surface area contributed by atoms with Gasteiger partial charge in [-0.3, -0.25) is 9.69 Å². The van der Waals surface area contributed by atoms with Crippen molar-refractivity contribution in [3.63, 3.8) is 0 Å². The zero-order chi connectivity index (χ0) is 13.0. The summed E-state index contributed by atoms with van der Waals surface area (Å²) in [5, 5.41) is 0. The molecule has 1 fully saturated rings. The van der Waals surface area contributed by atoms with Gasteiger partial charge in [-0.05, 0) is 28.1 Å². The number of carbonyl (C=O) groups is 1. The van der Waals surface area contributed by atoms with Crippen LogP contribution in [0.2, 0.25) is 0 Å². The van der Waals surface area contributed by atoms with Crippen LogP contribution in [0.3, 0.4) is 0 Å². The van der Waals surface area contributed by atoms with Gasteiger partial charge < -0.3 is 10.6 Å². The van der Waals surface area contributed by atoms with E-state index in [2.05, 4.69) is 20.8 Å². The zero-order valence-corrected chi connectivity index (χ0v) is 11.9. The van der Waals surface area contributed by atoms with E-state index in [9.17, 15) is 4.79 Å². The molecule has 1 aromatic rings. The maximum Gasteiger partial charge on any atom is 0.255 e.